The molecule has 4 heteroatoms. The van der Waals surface area contributed by atoms with Gasteiger partial charge in [-0.3, -0.25) is 0 Å². The predicted octanol–water partition coefficient (Wildman–Crippen LogP) is 2.48. The van der Waals surface area contributed by atoms with Crippen molar-refractivity contribution in [2.75, 3.05) is 6.54 Å². The van der Waals surface area contributed by atoms with E-state index in [0.29, 0.717) is 12.1 Å². The summed E-state index contributed by atoms with van der Waals surface area (Å²) in [4.78, 5) is 0. The van der Waals surface area contributed by atoms with E-state index in [9.17, 15) is 13.2 Å². The van der Waals surface area contributed by atoms with Gasteiger partial charge in [-0.05, 0) is 54.3 Å². The Balaban J connectivity index is 1.93. The highest BCUT2D eigenvalue weighted by atomic mass is 19.2. The summed E-state index contributed by atoms with van der Waals surface area (Å²) >= 11 is 0. The largest absolute Gasteiger partial charge is 0.330 e. The van der Waals surface area contributed by atoms with Crippen LogP contribution in [0.5, 0.6) is 0 Å². The third kappa shape index (κ3) is 1.05. The van der Waals surface area contributed by atoms with Crippen LogP contribution in [0, 0.1) is 22.9 Å². The van der Waals surface area contributed by atoms with Crippen LogP contribution in [0.4, 0.5) is 13.2 Å². The van der Waals surface area contributed by atoms with E-state index in [1.807, 2.05) is 0 Å². The van der Waals surface area contributed by atoms with Gasteiger partial charge in [0.05, 0.1) is 0 Å². The van der Waals surface area contributed by atoms with Gasteiger partial charge in [0.1, 0.15) is 0 Å². The van der Waals surface area contributed by atoms with Crippen molar-refractivity contribution in [3.05, 3.63) is 35.1 Å². The van der Waals surface area contributed by atoms with Gasteiger partial charge in [0.2, 0.25) is 0 Å². The average molecular weight is 227 g/mol. The van der Waals surface area contributed by atoms with Crippen molar-refractivity contribution < 1.29 is 13.2 Å². The molecule has 0 aliphatic heterocycles. The zero-order valence-electron chi connectivity index (χ0n) is 8.69. The third-order valence-electron chi connectivity index (χ3n) is 4.17. The summed E-state index contributed by atoms with van der Waals surface area (Å²) in [6.07, 6.45) is 2.63. The molecule has 0 saturated heterocycles. The molecule has 0 amide bonds. The molecule has 86 valence electrons. The first kappa shape index (κ1) is 10.1. The molecule has 2 N–H and O–H groups in total. The SMILES string of the molecule is NCC12CC(c3cc(F)c(F)c(F)c3)(C1)C2. The summed E-state index contributed by atoms with van der Waals surface area (Å²) in [6, 6.07) is 2.25. The number of hydrogen-bond acceptors (Lipinski definition) is 1. The maximum Gasteiger partial charge on any atom is 0.194 e. The summed E-state index contributed by atoms with van der Waals surface area (Å²) < 4.78 is 39.0. The Morgan fingerprint density at radius 3 is 2.00 bits per heavy atom. The Morgan fingerprint density at radius 1 is 1.06 bits per heavy atom. The molecule has 0 atom stereocenters. The van der Waals surface area contributed by atoms with Crippen LogP contribution < -0.4 is 5.73 Å². The van der Waals surface area contributed by atoms with Crippen LogP contribution in [0.25, 0.3) is 0 Å². The first-order valence-corrected chi connectivity index (χ1v) is 5.35. The van der Waals surface area contributed by atoms with Crippen molar-refractivity contribution in [2.24, 2.45) is 11.1 Å². The maximum absolute atomic E-state index is 13.1. The zero-order valence-corrected chi connectivity index (χ0v) is 8.69. The molecule has 3 aliphatic carbocycles. The highest BCUT2D eigenvalue weighted by Gasteiger charge is 2.67. The summed E-state index contributed by atoms with van der Waals surface area (Å²) in [5, 5.41) is 0. The fraction of sp³-hybridized carbons (Fsp3) is 0.500. The van der Waals surface area contributed by atoms with Gasteiger partial charge in [-0.1, -0.05) is 0 Å². The lowest BCUT2D eigenvalue weighted by Crippen LogP contribution is -2.67. The van der Waals surface area contributed by atoms with Gasteiger partial charge in [0, 0.05) is 0 Å². The average Bonchev–Trinajstić information content (AvgIpc) is 2.10. The highest BCUT2D eigenvalue weighted by molar-refractivity contribution is 5.39. The van der Waals surface area contributed by atoms with Crippen LogP contribution in [0.2, 0.25) is 0 Å². The van der Waals surface area contributed by atoms with Crippen LogP contribution in [0.1, 0.15) is 24.8 Å². The lowest BCUT2D eigenvalue weighted by Gasteiger charge is -2.71. The van der Waals surface area contributed by atoms with Crippen LogP contribution in [0.3, 0.4) is 0 Å². The zero-order chi connectivity index (χ0) is 11.6. The molecule has 4 rings (SSSR count). The van der Waals surface area contributed by atoms with E-state index in [-0.39, 0.29) is 10.8 Å². The number of hydrogen-bond donors (Lipinski definition) is 1. The monoisotopic (exact) mass is 227 g/mol. The molecule has 0 unspecified atom stereocenters. The summed E-state index contributed by atoms with van der Waals surface area (Å²) in [5.74, 6) is -3.58. The molecule has 3 fully saturated rings. The molecule has 1 aromatic rings. The summed E-state index contributed by atoms with van der Waals surface area (Å²) in [5.41, 5.74) is 6.27. The van der Waals surface area contributed by atoms with E-state index in [1.54, 1.807) is 0 Å². The number of halogens is 3. The van der Waals surface area contributed by atoms with Gasteiger partial charge in [0.25, 0.3) is 0 Å². The molecule has 0 radical (unpaired) electrons. The molecule has 1 nitrogen and oxygen atoms in total. The minimum atomic E-state index is -1.39. The van der Waals surface area contributed by atoms with Gasteiger partial charge in [-0.2, -0.15) is 0 Å². The molecule has 0 heterocycles. The smallest absolute Gasteiger partial charge is 0.194 e. The van der Waals surface area contributed by atoms with Crippen molar-refractivity contribution in [3.8, 4) is 0 Å². The molecular weight excluding hydrogens is 215 g/mol. The molecule has 0 spiro atoms. The molecular formula is C12H12F3N. The quantitative estimate of drug-likeness (QED) is 0.772. The van der Waals surface area contributed by atoms with Crippen molar-refractivity contribution in [1.29, 1.82) is 0 Å². The highest BCUT2D eigenvalue weighted by Crippen LogP contribution is 2.73. The van der Waals surface area contributed by atoms with Gasteiger partial charge in [-0.15, -0.1) is 0 Å². The summed E-state index contributed by atoms with van der Waals surface area (Å²) in [6.45, 7) is 0.626. The van der Waals surface area contributed by atoms with Crippen molar-refractivity contribution >= 4 is 0 Å². The number of nitrogens with two attached hydrogens (primary N) is 1. The Kier molecular flexibility index (Phi) is 1.78. The molecule has 3 aliphatic rings. The molecule has 0 aromatic heterocycles. The Morgan fingerprint density at radius 2 is 1.56 bits per heavy atom. The lowest BCUT2D eigenvalue weighted by molar-refractivity contribution is -0.133. The van der Waals surface area contributed by atoms with Gasteiger partial charge < -0.3 is 5.73 Å². The molecule has 2 bridgehead atoms. The number of benzene rings is 1. The van der Waals surface area contributed by atoms with Crippen LogP contribution in [-0.2, 0) is 5.41 Å². The summed E-state index contributed by atoms with van der Waals surface area (Å²) in [7, 11) is 0. The third-order valence-corrected chi connectivity index (χ3v) is 4.17. The molecule has 3 saturated carbocycles. The minimum absolute atomic E-state index is 0.130. The topological polar surface area (TPSA) is 26.0 Å². The van der Waals surface area contributed by atoms with E-state index >= 15 is 0 Å². The standard InChI is InChI=1S/C12H12F3N/c13-8-1-7(2-9(14)10(8)15)12-3-11(4-12,5-12)6-16/h1-2H,3-6,16H2. The van der Waals surface area contributed by atoms with Crippen molar-refractivity contribution in [1.82, 2.24) is 0 Å². The van der Waals surface area contributed by atoms with E-state index in [0.717, 1.165) is 31.4 Å². The van der Waals surface area contributed by atoms with Crippen molar-refractivity contribution in [2.45, 2.75) is 24.7 Å². The van der Waals surface area contributed by atoms with E-state index < -0.39 is 17.5 Å². The Labute approximate surface area is 91.4 Å². The van der Waals surface area contributed by atoms with Crippen LogP contribution in [0.15, 0.2) is 12.1 Å². The minimum Gasteiger partial charge on any atom is -0.330 e. The fourth-order valence-electron chi connectivity index (χ4n) is 3.38. The number of rotatable bonds is 2. The predicted molar refractivity (Wildman–Crippen MR) is 53.3 cm³/mol. The maximum atomic E-state index is 13.1. The second kappa shape index (κ2) is 2.80. The normalized spacial score (nSPS) is 35.5. The Hall–Kier alpha value is -1.03. The van der Waals surface area contributed by atoms with Gasteiger partial charge in [0.15, 0.2) is 17.5 Å². The van der Waals surface area contributed by atoms with Crippen LogP contribution >= 0.6 is 0 Å². The van der Waals surface area contributed by atoms with Gasteiger partial charge in [-0.25, -0.2) is 13.2 Å². The van der Waals surface area contributed by atoms with E-state index in [1.165, 1.54) is 0 Å². The van der Waals surface area contributed by atoms with Gasteiger partial charge >= 0.3 is 0 Å². The molecule has 16 heavy (non-hydrogen) atoms. The second-order valence-corrected chi connectivity index (χ2v) is 5.27. The molecule has 1 aromatic carbocycles. The van der Waals surface area contributed by atoms with Crippen molar-refractivity contribution in [3.63, 3.8) is 0 Å². The van der Waals surface area contributed by atoms with E-state index in [4.69, 9.17) is 5.73 Å². The first-order chi connectivity index (χ1) is 7.50. The van der Waals surface area contributed by atoms with E-state index in [2.05, 4.69) is 0 Å². The fourth-order valence-corrected chi connectivity index (χ4v) is 3.38. The van der Waals surface area contributed by atoms with Crippen LogP contribution in [-0.4, -0.2) is 6.54 Å². The Bertz CT molecular complexity index is 427. The first-order valence-electron chi connectivity index (χ1n) is 5.35. The lowest BCUT2D eigenvalue weighted by atomic mass is 9.33. The second-order valence-electron chi connectivity index (χ2n) is 5.27.